The van der Waals surface area contributed by atoms with Crippen LogP contribution in [0.4, 0.5) is 21.5 Å². The molecular formula is C17H13FN6O5. The number of nitrogens with zero attached hydrogens (tertiary/aromatic N) is 4. The molecule has 2 N–H and O–H groups in total. The Hall–Kier alpha value is -4.35. The lowest BCUT2D eigenvalue weighted by molar-refractivity contribution is -0.393. The summed E-state index contributed by atoms with van der Waals surface area (Å²) in [4.78, 5) is 32.9. The Balaban J connectivity index is 1.88. The second kappa shape index (κ2) is 7.72. The molecule has 2 aromatic carbocycles. The highest BCUT2D eigenvalue weighted by molar-refractivity contribution is 5.81. The van der Waals surface area contributed by atoms with E-state index in [1.54, 1.807) is 6.92 Å². The van der Waals surface area contributed by atoms with Crippen molar-refractivity contribution < 1.29 is 14.2 Å². The molecule has 3 rings (SSSR count). The van der Waals surface area contributed by atoms with E-state index in [1.807, 2.05) is 0 Å². The number of rotatable bonds is 6. The Bertz CT molecular complexity index is 1180. The summed E-state index contributed by atoms with van der Waals surface area (Å²) in [5.41, 5.74) is 1.95. The number of aryl methyl sites for hydroxylation is 1. The predicted molar refractivity (Wildman–Crippen MR) is 102 cm³/mol. The summed E-state index contributed by atoms with van der Waals surface area (Å²) in [5.74, 6) is -0.444. The lowest BCUT2D eigenvalue weighted by Gasteiger charge is -2.01. The van der Waals surface area contributed by atoms with Crippen LogP contribution in [0, 0.1) is 33.0 Å². The number of nitro groups is 2. The van der Waals surface area contributed by atoms with E-state index in [9.17, 15) is 29.4 Å². The first-order valence-corrected chi connectivity index (χ1v) is 8.07. The molecule has 0 aliphatic rings. The lowest BCUT2D eigenvalue weighted by Crippen LogP contribution is -2.17. The van der Waals surface area contributed by atoms with Crippen LogP contribution in [0.15, 0.2) is 52.4 Å². The summed E-state index contributed by atoms with van der Waals surface area (Å²) < 4.78 is 14.3. The number of nitro benzene ring substituents is 2. The summed E-state index contributed by atoms with van der Waals surface area (Å²) in [7, 11) is 0. The van der Waals surface area contributed by atoms with Gasteiger partial charge < -0.3 is 0 Å². The number of H-pyrrole nitrogens is 1. The zero-order valence-electron chi connectivity index (χ0n) is 14.8. The number of hydrogen-bond donors (Lipinski definition) is 2. The van der Waals surface area contributed by atoms with E-state index in [1.165, 1.54) is 35.2 Å². The number of benzene rings is 2. The van der Waals surface area contributed by atoms with E-state index in [0.29, 0.717) is 11.4 Å². The first kappa shape index (κ1) is 19.4. The van der Waals surface area contributed by atoms with Crippen molar-refractivity contribution >= 4 is 23.3 Å². The first-order chi connectivity index (χ1) is 13.8. The Morgan fingerprint density at radius 1 is 1.14 bits per heavy atom. The summed E-state index contributed by atoms with van der Waals surface area (Å²) in [5, 5.41) is 28.6. The van der Waals surface area contributed by atoms with Crippen molar-refractivity contribution in [3.63, 3.8) is 0 Å². The third-order valence-corrected chi connectivity index (χ3v) is 3.97. The van der Waals surface area contributed by atoms with Crippen molar-refractivity contribution in [3.8, 4) is 5.69 Å². The molecule has 1 heterocycles. The third kappa shape index (κ3) is 4.00. The SMILES string of the molecule is Cc1[nH]n(-c2ccc(F)cc2)c(=O)c1/C=N\Nc1ccc([N+](=O)[O-])cc1[N+](=O)[O-]. The molecule has 0 fully saturated rings. The van der Waals surface area contributed by atoms with Crippen LogP contribution in [0.1, 0.15) is 11.3 Å². The molecular weight excluding hydrogens is 387 g/mol. The highest BCUT2D eigenvalue weighted by atomic mass is 19.1. The van der Waals surface area contributed by atoms with Crippen LogP contribution < -0.4 is 11.0 Å². The molecule has 11 nitrogen and oxygen atoms in total. The minimum Gasteiger partial charge on any atom is -0.295 e. The van der Waals surface area contributed by atoms with Gasteiger partial charge in [0.1, 0.15) is 11.5 Å². The predicted octanol–water partition coefficient (Wildman–Crippen LogP) is 2.88. The molecule has 0 aliphatic heterocycles. The number of halogens is 1. The van der Waals surface area contributed by atoms with Gasteiger partial charge in [0.25, 0.3) is 11.2 Å². The smallest absolute Gasteiger partial charge is 0.295 e. The van der Waals surface area contributed by atoms with Gasteiger partial charge in [0.15, 0.2) is 0 Å². The molecule has 0 atom stereocenters. The van der Waals surface area contributed by atoms with Gasteiger partial charge in [-0.1, -0.05) is 0 Å². The topological polar surface area (TPSA) is 148 Å². The minimum absolute atomic E-state index is 0.0797. The van der Waals surface area contributed by atoms with Crippen LogP contribution in [-0.4, -0.2) is 25.8 Å². The Labute approximate surface area is 161 Å². The van der Waals surface area contributed by atoms with E-state index >= 15 is 0 Å². The van der Waals surface area contributed by atoms with Gasteiger partial charge in [-0.2, -0.15) is 5.10 Å². The maximum absolute atomic E-state index is 13.1. The molecule has 0 amide bonds. The maximum atomic E-state index is 13.1. The normalized spacial score (nSPS) is 11.0. The summed E-state index contributed by atoms with van der Waals surface area (Å²) in [6, 6.07) is 8.31. The largest absolute Gasteiger partial charge is 0.301 e. The van der Waals surface area contributed by atoms with E-state index < -0.39 is 32.6 Å². The van der Waals surface area contributed by atoms with Gasteiger partial charge in [-0.3, -0.25) is 35.5 Å². The van der Waals surface area contributed by atoms with Crippen LogP contribution in [0.5, 0.6) is 0 Å². The van der Waals surface area contributed by atoms with E-state index in [0.717, 1.165) is 18.2 Å². The average molecular weight is 400 g/mol. The third-order valence-electron chi connectivity index (χ3n) is 3.97. The van der Waals surface area contributed by atoms with Crippen LogP contribution in [0.2, 0.25) is 0 Å². The van der Waals surface area contributed by atoms with Crippen molar-refractivity contribution in [2.24, 2.45) is 5.10 Å². The fraction of sp³-hybridized carbons (Fsp3) is 0.0588. The molecule has 3 aromatic rings. The number of aromatic nitrogens is 2. The van der Waals surface area contributed by atoms with Crippen molar-refractivity contribution in [1.29, 1.82) is 0 Å². The van der Waals surface area contributed by atoms with Crippen molar-refractivity contribution in [2.75, 3.05) is 5.43 Å². The van der Waals surface area contributed by atoms with Crippen LogP contribution in [0.25, 0.3) is 5.69 Å². The minimum atomic E-state index is -0.784. The molecule has 0 saturated carbocycles. The van der Waals surface area contributed by atoms with Gasteiger partial charge in [0.05, 0.1) is 33.4 Å². The fourth-order valence-corrected chi connectivity index (χ4v) is 2.53. The number of hydrazone groups is 1. The van der Waals surface area contributed by atoms with E-state index in [4.69, 9.17) is 0 Å². The van der Waals surface area contributed by atoms with Crippen molar-refractivity contribution in [1.82, 2.24) is 9.78 Å². The maximum Gasteiger partial charge on any atom is 0.301 e. The number of hydrogen-bond acceptors (Lipinski definition) is 7. The molecule has 0 bridgehead atoms. The quantitative estimate of drug-likeness (QED) is 0.369. The van der Waals surface area contributed by atoms with Crippen LogP contribution >= 0.6 is 0 Å². The zero-order chi connectivity index (χ0) is 21.1. The van der Waals surface area contributed by atoms with Crippen LogP contribution in [0.3, 0.4) is 0 Å². The molecule has 0 unspecified atom stereocenters. The first-order valence-electron chi connectivity index (χ1n) is 8.07. The standard InChI is InChI=1S/C17H13FN6O5/c1-10-14(17(25)22(21-10)12-4-2-11(18)3-5-12)9-19-20-15-7-6-13(23(26)27)8-16(15)24(28)29/h2-9,20-21H,1H3/b19-9-. The highest BCUT2D eigenvalue weighted by Crippen LogP contribution is 2.28. The molecule has 0 radical (unpaired) electrons. The Morgan fingerprint density at radius 3 is 2.45 bits per heavy atom. The van der Waals surface area contributed by atoms with Crippen molar-refractivity contribution in [2.45, 2.75) is 6.92 Å². The van der Waals surface area contributed by atoms with Crippen molar-refractivity contribution in [3.05, 3.63) is 90.1 Å². The monoisotopic (exact) mass is 400 g/mol. The van der Waals surface area contributed by atoms with Gasteiger partial charge in [-0.15, -0.1) is 0 Å². The number of nitrogens with one attached hydrogen (secondary N) is 2. The van der Waals surface area contributed by atoms with Gasteiger partial charge in [0.2, 0.25) is 0 Å². The molecule has 0 aliphatic carbocycles. The summed E-state index contributed by atoms with van der Waals surface area (Å²) in [6.07, 6.45) is 1.17. The summed E-state index contributed by atoms with van der Waals surface area (Å²) in [6.45, 7) is 1.62. The van der Waals surface area contributed by atoms with Crippen LogP contribution in [-0.2, 0) is 0 Å². The Kier molecular flexibility index (Phi) is 5.17. The van der Waals surface area contributed by atoms with Gasteiger partial charge in [-0.25, -0.2) is 9.07 Å². The van der Waals surface area contributed by atoms with E-state index in [-0.39, 0.29) is 11.3 Å². The molecule has 1 aromatic heterocycles. The zero-order valence-corrected chi connectivity index (χ0v) is 14.8. The Morgan fingerprint density at radius 2 is 1.83 bits per heavy atom. The number of aromatic amines is 1. The molecule has 0 saturated heterocycles. The second-order valence-corrected chi connectivity index (χ2v) is 5.85. The molecule has 148 valence electrons. The molecule has 12 heteroatoms. The number of non-ortho nitro benzene ring substituents is 1. The number of anilines is 1. The average Bonchev–Trinajstić information content (AvgIpc) is 2.96. The van der Waals surface area contributed by atoms with Gasteiger partial charge in [0, 0.05) is 11.8 Å². The molecule has 29 heavy (non-hydrogen) atoms. The lowest BCUT2D eigenvalue weighted by atomic mass is 10.2. The van der Waals surface area contributed by atoms with Gasteiger partial charge >= 0.3 is 5.69 Å². The fourth-order valence-electron chi connectivity index (χ4n) is 2.53. The summed E-state index contributed by atoms with van der Waals surface area (Å²) >= 11 is 0. The second-order valence-electron chi connectivity index (χ2n) is 5.85. The van der Waals surface area contributed by atoms with E-state index in [2.05, 4.69) is 15.6 Å². The molecule has 0 spiro atoms. The van der Waals surface area contributed by atoms with Gasteiger partial charge in [-0.05, 0) is 37.3 Å². The highest BCUT2D eigenvalue weighted by Gasteiger charge is 2.19.